The lowest BCUT2D eigenvalue weighted by Crippen LogP contribution is -2.59. The van der Waals surface area contributed by atoms with Gasteiger partial charge in [0.2, 0.25) is 5.91 Å². The lowest BCUT2D eigenvalue weighted by atomic mass is 10.0. The van der Waals surface area contributed by atoms with Gasteiger partial charge in [-0.2, -0.15) is 11.8 Å². The van der Waals surface area contributed by atoms with Crippen molar-refractivity contribution in [1.29, 1.82) is 0 Å². The molecule has 2 rings (SSSR count). The third-order valence-corrected chi connectivity index (χ3v) is 3.66. The summed E-state index contributed by atoms with van der Waals surface area (Å²) in [4.78, 5) is 13.5. The molecule has 0 radical (unpaired) electrons. The van der Waals surface area contributed by atoms with Gasteiger partial charge in [-0.1, -0.05) is 0 Å². The third kappa shape index (κ3) is 1.45. The number of hydrogen-bond acceptors (Lipinski definition) is 3. The predicted molar refractivity (Wildman–Crippen MR) is 50.0 cm³/mol. The molecule has 2 aliphatic rings. The van der Waals surface area contributed by atoms with Gasteiger partial charge in [-0.05, 0) is 12.2 Å². The molecule has 12 heavy (non-hydrogen) atoms. The van der Waals surface area contributed by atoms with E-state index in [1.54, 1.807) is 0 Å². The highest BCUT2D eigenvalue weighted by atomic mass is 32.2. The molecule has 0 bridgehead atoms. The fraction of sp³-hybridized carbons (Fsp3) is 0.875. The maximum atomic E-state index is 11.6. The van der Waals surface area contributed by atoms with Crippen LogP contribution in [0, 0.1) is 5.92 Å². The normalized spacial score (nSPS) is 30.4. The average molecular weight is 186 g/mol. The number of nitrogens with two attached hydrogens (primary N) is 1. The second-order valence-corrected chi connectivity index (χ2v) is 4.71. The molecule has 0 saturated carbocycles. The van der Waals surface area contributed by atoms with Crippen molar-refractivity contribution in [3.63, 3.8) is 0 Å². The van der Waals surface area contributed by atoms with Crippen molar-refractivity contribution in [2.24, 2.45) is 11.7 Å². The summed E-state index contributed by atoms with van der Waals surface area (Å²) in [5.41, 5.74) is 5.61. The molecule has 0 aromatic rings. The molecule has 2 fully saturated rings. The van der Waals surface area contributed by atoms with Gasteiger partial charge in [-0.15, -0.1) is 0 Å². The van der Waals surface area contributed by atoms with Crippen LogP contribution < -0.4 is 5.73 Å². The Balaban J connectivity index is 1.83. The monoisotopic (exact) mass is 186 g/mol. The lowest BCUT2D eigenvalue weighted by molar-refractivity contribution is -0.139. The summed E-state index contributed by atoms with van der Waals surface area (Å²) in [6.45, 7) is 1.56. The molecule has 0 spiro atoms. The van der Waals surface area contributed by atoms with Crippen molar-refractivity contribution in [2.75, 3.05) is 24.6 Å². The van der Waals surface area contributed by atoms with Crippen molar-refractivity contribution in [3.05, 3.63) is 0 Å². The van der Waals surface area contributed by atoms with E-state index in [2.05, 4.69) is 0 Å². The summed E-state index contributed by atoms with van der Waals surface area (Å²) in [5, 5.41) is 0. The van der Waals surface area contributed by atoms with E-state index in [0.29, 0.717) is 11.8 Å². The minimum absolute atomic E-state index is 0.239. The van der Waals surface area contributed by atoms with Crippen LogP contribution in [0.2, 0.25) is 0 Å². The van der Waals surface area contributed by atoms with Crippen LogP contribution >= 0.6 is 11.8 Å². The minimum atomic E-state index is 0.239. The van der Waals surface area contributed by atoms with E-state index in [-0.39, 0.29) is 6.04 Å². The van der Waals surface area contributed by atoms with Crippen LogP contribution in [0.4, 0.5) is 0 Å². The Morgan fingerprint density at radius 1 is 1.50 bits per heavy atom. The van der Waals surface area contributed by atoms with Gasteiger partial charge in [-0.25, -0.2) is 0 Å². The highest BCUT2D eigenvalue weighted by Gasteiger charge is 2.33. The van der Waals surface area contributed by atoms with Gasteiger partial charge < -0.3 is 10.6 Å². The molecule has 3 nitrogen and oxygen atoms in total. The Hall–Kier alpha value is -0.220. The SMILES string of the molecule is NC1CN(C(=O)C2CCSC2)C1. The maximum Gasteiger partial charge on any atom is 0.226 e. The van der Waals surface area contributed by atoms with E-state index >= 15 is 0 Å². The molecule has 0 aromatic carbocycles. The Kier molecular flexibility index (Phi) is 2.28. The first kappa shape index (κ1) is 8.38. The largest absolute Gasteiger partial charge is 0.339 e. The summed E-state index contributed by atoms with van der Waals surface area (Å²) in [6.07, 6.45) is 1.06. The summed E-state index contributed by atoms with van der Waals surface area (Å²) >= 11 is 1.88. The topological polar surface area (TPSA) is 46.3 Å². The smallest absolute Gasteiger partial charge is 0.226 e. The Morgan fingerprint density at radius 2 is 2.25 bits per heavy atom. The molecule has 68 valence electrons. The number of carbonyl (C=O) groups excluding carboxylic acids is 1. The van der Waals surface area contributed by atoms with E-state index in [4.69, 9.17) is 5.73 Å². The minimum Gasteiger partial charge on any atom is -0.339 e. The predicted octanol–water partition coefficient (Wildman–Crippen LogP) is -0.0910. The van der Waals surface area contributed by atoms with Gasteiger partial charge >= 0.3 is 0 Å². The standard InChI is InChI=1S/C8H14N2OS/c9-7-3-10(4-7)8(11)6-1-2-12-5-6/h6-7H,1-5,9H2. The Bertz CT molecular complexity index is 185. The molecule has 4 heteroatoms. The van der Waals surface area contributed by atoms with Crippen molar-refractivity contribution in [2.45, 2.75) is 12.5 Å². The summed E-state index contributed by atoms with van der Waals surface area (Å²) < 4.78 is 0. The van der Waals surface area contributed by atoms with Crippen LogP contribution in [0.15, 0.2) is 0 Å². The highest BCUT2D eigenvalue weighted by Crippen LogP contribution is 2.26. The zero-order chi connectivity index (χ0) is 8.55. The van der Waals surface area contributed by atoms with Crippen molar-refractivity contribution < 1.29 is 4.79 Å². The summed E-state index contributed by atoms with van der Waals surface area (Å²) in [5.74, 6) is 2.80. The molecule has 2 saturated heterocycles. The first-order valence-corrected chi connectivity index (χ1v) is 5.55. The van der Waals surface area contributed by atoms with Crippen LogP contribution in [0.25, 0.3) is 0 Å². The van der Waals surface area contributed by atoms with E-state index < -0.39 is 0 Å². The highest BCUT2D eigenvalue weighted by molar-refractivity contribution is 7.99. The van der Waals surface area contributed by atoms with Crippen LogP contribution in [-0.2, 0) is 4.79 Å². The maximum absolute atomic E-state index is 11.6. The molecular formula is C8H14N2OS. The first-order chi connectivity index (χ1) is 5.77. The molecule has 1 atom stereocenters. The van der Waals surface area contributed by atoms with Gasteiger partial charge in [0.15, 0.2) is 0 Å². The molecule has 1 amide bonds. The fourth-order valence-corrected chi connectivity index (χ4v) is 2.89. The summed E-state index contributed by atoms with van der Waals surface area (Å²) in [7, 11) is 0. The number of thioether (sulfide) groups is 1. The zero-order valence-corrected chi connectivity index (χ0v) is 7.85. The van der Waals surface area contributed by atoms with Crippen LogP contribution in [0.3, 0.4) is 0 Å². The molecule has 2 N–H and O–H groups in total. The third-order valence-electron chi connectivity index (χ3n) is 2.50. The molecular weight excluding hydrogens is 172 g/mol. The molecule has 0 aromatic heterocycles. The number of likely N-dealkylation sites (tertiary alicyclic amines) is 1. The average Bonchev–Trinajstić information content (AvgIpc) is 2.49. The number of amides is 1. The number of carbonyl (C=O) groups is 1. The van der Waals surface area contributed by atoms with Crippen LogP contribution in [0.1, 0.15) is 6.42 Å². The first-order valence-electron chi connectivity index (χ1n) is 4.39. The van der Waals surface area contributed by atoms with Gasteiger partial charge in [-0.3, -0.25) is 4.79 Å². The lowest BCUT2D eigenvalue weighted by Gasteiger charge is -2.38. The van der Waals surface area contributed by atoms with Crippen molar-refractivity contribution in [3.8, 4) is 0 Å². The molecule has 2 heterocycles. The second kappa shape index (κ2) is 3.26. The molecule has 1 unspecified atom stereocenters. The van der Waals surface area contributed by atoms with Gasteiger partial charge in [0.1, 0.15) is 0 Å². The fourth-order valence-electron chi connectivity index (χ4n) is 1.68. The number of hydrogen-bond donors (Lipinski definition) is 1. The van der Waals surface area contributed by atoms with Crippen LogP contribution in [-0.4, -0.2) is 41.4 Å². The van der Waals surface area contributed by atoms with E-state index in [1.807, 2.05) is 16.7 Å². The van der Waals surface area contributed by atoms with Crippen molar-refractivity contribution in [1.82, 2.24) is 4.90 Å². The van der Waals surface area contributed by atoms with E-state index in [9.17, 15) is 4.79 Å². The van der Waals surface area contributed by atoms with E-state index in [1.165, 1.54) is 0 Å². The quantitative estimate of drug-likeness (QED) is 0.622. The second-order valence-electron chi connectivity index (χ2n) is 3.56. The molecule has 2 aliphatic heterocycles. The molecule has 0 aliphatic carbocycles. The Morgan fingerprint density at radius 3 is 2.75 bits per heavy atom. The van der Waals surface area contributed by atoms with Gasteiger partial charge in [0.25, 0.3) is 0 Å². The van der Waals surface area contributed by atoms with E-state index in [0.717, 1.165) is 31.0 Å². The Labute approximate surface area is 76.7 Å². The van der Waals surface area contributed by atoms with Gasteiger partial charge in [0.05, 0.1) is 0 Å². The number of nitrogens with zero attached hydrogens (tertiary/aromatic N) is 1. The number of rotatable bonds is 1. The van der Waals surface area contributed by atoms with Gasteiger partial charge in [0, 0.05) is 30.8 Å². The van der Waals surface area contributed by atoms with Crippen LogP contribution in [0.5, 0.6) is 0 Å². The summed E-state index contributed by atoms with van der Waals surface area (Å²) in [6, 6.07) is 0.239. The zero-order valence-electron chi connectivity index (χ0n) is 7.03. The van der Waals surface area contributed by atoms with Crippen molar-refractivity contribution >= 4 is 17.7 Å².